The Bertz CT molecular complexity index is 950. The van der Waals surface area contributed by atoms with Gasteiger partial charge in [0.2, 0.25) is 6.79 Å². The summed E-state index contributed by atoms with van der Waals surface area (Å²) in [5, 5.41) is 3.38. The van der Waals surface area contributed by atoms with Crippen molar-refractivity contribution in [3.8, 4) is 11.5 Å². The molecular weight excluding hydrogens is 402 g/mol. The van der Waals surface area contributed by atoms with Gasteiger partial charge >= 0.3 is 8.72 Å². The van der Waals surface area contributed by atoms with E-state index >= 15 is 0 Å². The number of nitrogens with zero attached hydrogens (tertiary/aromatic N) is 2. The van der Waals surface area contributed by atoms with E-state index in [-0.39, 0.29) is 19.2 Å². The van der Waals surface area contributed by atoms with E-state index in [4.69, 9.17) is 9.47 Å². The molecule has 4 rings (SSSR count). The molecule has 0 aliphatic carbocycles. The van der Waals surface area contributed by atoms with Gasteiger partial charge in [0, 0.05) is 30.0 Å². The summed E-state index contributed by atoms with van der Waals surface area (Å²) in [6, 6.07) is 7.20. The number of hydrogen-bond donors (Lipinski definition) is 3. The molecule has 30 heavy (non-hydrogen) atoms. The molecular formula is C21H29N3O5Si. The van der Waals surface area contributed by atoms with Gasteiger partial charge in [-0.1, -0.05) is 19.1 Å². The first-order valence-electron chi connectivity index (χ1n) is 10.3. The average Bonchev–Trinajstić information content (AvgIpc) is 3.32. The van der Waals surface area contributed by atoms with Crippen LogP contribution in [0.4, 0.5) is 0 Å². The molecule has 9 heteroatoms. The first-order valence-corrected chi connectivity index (χ1v) is 12.2. The van der Waals surface area contributed by atoms with Gasteiger partial charge in [-0.2, -0.15) is 0 Å². The van der Waals surface area contributed by atoms with E-state index in [0.717, 1.165) is 18.4 Å². The van der Waals surface area contributed by atoms with Crippen LogP contribution in [-0.2, 0) is 13.6 Å². The Balaban J connectivity index is 1.51. The van der Waals surface area contributed by atoms with Crippen LogP contribution in [0.3, 0.4) is 0 Å². The molecule has 0 unspecified atom stereocenters. The lowest BCUT2D eigenvalue weighted by Crippen LogP contribution is -2.65. The summed E-state index contributed by atoms with van der Waals surface area (Å²) in [7, 11) is -2.04. The summed E-state index contributed by atoms with van der Waals surface area (Å²) in [4.78, 5) is 35.0. The molecule has 2 aromatic rings. The highest BCUT2D eigenvalue weighted by atomic mass is 28.4. The highest BCUT2D eigenvalue weighted by Gasteiger charge is 2.44. The quantitative estimate of drug-likeness (QED) is 0.608. The maximum absolute atomic E-state index is 12.9. The molecule has 2 aliphatic heterocycles. The van der Waals surface area contributed by atoms with Gasteiger partial charge in [-0.25, -0.2) is 0 Å². The summed E-state index contributed by atoms with van der Waals surface area (Å²) in [6.07, 6.45) is 1.89. The summed E-state index contributed by atoms with van der Waals surface area (Å²) in [5.74, 6) is 1.64. The van der Waals surface area contributed by atoms with Crippen LogP contribution in [0.1, 0.15) is 41.5 Å². The van der Waals surface area contributed by atoms with Gasteiger partial charge in [0.25, 0.3) is 5.91 Å². The maximum Gasteiger partial charge on any atom is 0.459 e. The zero-order valence-electron chi connectivity index (χ0n) is 17.6. The van der Waals surface area contributed by atoms with Gasteiger partial charge in [-0.15, -0.1) is 0 Å². The molecule has 8 nitrogen and oxygen atoms in total. The number of fused-ring (bicyclic) bond motifs is 1. The second kappa shape index (κ2) is 8.07. The highest BCUT2D eigenvalue weighted by molar-refractivity contribution is 6.76. The fourth-order valence-electron chi connectivity index (χ4n) is 4.14. The van der Waals surface area contributed by atoms with Crippen molar-refractivity contribution in [1.82, 2.24) is 14.4 Å². The minimum Gasteiger partial charge on any atom is -0.454 e. The molecule has 0 bridgehead atoms. The number of nitrogens with one attached hydrogen (secondary N) is 1. The van der Waals surface area contributed by atoms with E-state index < -0.39 is 8.72 Å². The molecule has 1 aromatic heterocycles. The Morgan fingerprint density at radius 1 is 1.27 bits per heavy atom. The van der Waals surface area contributed by atoms with E-state index in [1.165, 1.54) is 0 Å². The highest BCUT2D eigenvalue weighted by Crippen LogP contribution is 2.35. The van der Waals surface area contributed by atoms with Crippen LogP contribution in [0.5, 0.6) is 11.5 Å². The van der Waals surface area contributed by atoms with Crippen LogP contribution in [-0.4, -0.2) is 53.2 Å². The van der Waals surface area contributed by atoms with Crippen molar-refractivity contribution >= 4 is 19.8 Å². The number of aromatic nitrogens is 1. The lowest BCUT2D eigenvalue weighted by Gasteiger charge is -2.37. The molecule has 162 valence electrons. The van der Waals surface area contributed by atoms with Crippen molar-refractivity contribution in [3.63, 3.8) is 0 Å². The van der Waals surface area contributed by atoms with Gasteiger partial charge in [0.05, 0.1) is 0 Å². The number of amides is 1. The van der Waals surface area contributed by atoms with Crippen LogP contribution >= 0.6 is 0 Å². The van der Waals surface area contributed by atoms with Crippen LogP contribution in [0.15, 0.2) is 24.3 Å². The smallest absolute Gasteiger partial charge is 0.454 e. The Morgan fingerprint density at radius 3 is 2.73 bits per heavy atom. The topological polar surface area (TPSA) is 96.2 Å². The third-order valence-electron chi connectivity index (χ3n) is 6.27. The molecule has 1 saturated heterocycles. The van der Waals surface area contributed by atoms with Gasteiger partial charge < -0.3 is 28.9 Å². The third-order valence-corrected chi connectivity index (χ3v) is 8.83. The number of para-hydroxylation sites is 1. The Hall–Kier alpha value is -2.33. The molecule has 0 spiro atoms. The summed E-state index contributed by atoms with van der Waals surface area (Å²) in [5.41, 5.74) is 1.94. The lowest BCUT2D eigenvalue weighted by molar-refractivity contribution is 0.0942. The fourth-order valence-corrected chi connectivity index (χ4v) is 6.35. The number of carbonyl (C=O) groups is 1. The number of rotatable bonds is 5. The van der Waals surface area contributed by atoms with E-state index in [2.05, 4.69) is 12.2 Å². The van der Waals surface area contributed by atoms with Crippen LogP contribution in [0, 0.1) is 12.8 Å². The monoisotopic (exact) mass is 431 g/mol. The second-order valence-electron chi connectivity index (χ2n) is 8.23. The molecule has 1 amide bonds. The first-order chi connectivity index (χ1) is 14.3. The van der Waals surface area contributed by atoms with Crippen molar-refractivity contribution in [3.05, 3.63) is 41.2 Å². The molecule has 1 fully saturated rings. The predicted molar refractivity (Wildman–Crippen MR) is 114 cm³/mol. The van der Waals surface area contributed by atoms with Crippen LogP contribution < -0.4 is 20.0 Å². The molecule has 3 heterocycles. The number of piperidine rings is 1. The molecule has 2 aliphatic rings. The molecule has 0 radical (unpaired) electrons. The van der Waals surface area contributed by atoms with Crippen molar-refractivity contribution in [2.24, 2.45) is 13.0 Å². The summed E-state index contributed by atoms with van der Waals surface area (Å²) < 4.78 is 14.4. The minimum absolute atomic E-state index is 0.176. The van der Waals surface area contributed by atoms with Crippen molar-refractivity contribution < 1.29 is 23.9 Å². The Kier molecular flexibility index (Phi) is 5.63. The van der Waals surface area contributed by atoms with E-state index in [1.54, 1.807) is 17.7 Å². The van der Waals surface area contributed by atoms with E-state index in [0.29, 0.717) is 47.1 Å². The fraction of sp³-hybridized carbons (Fsp3) is 0.476. The van der Waals surface area contributed by atoms with Crippen molar-refractivity contribution in [1.29, 1.82) is 0 Å². The summed E-state index contributed by atoms with van der Waals surface area (Å²) >= 11 is 0. The van der Waals surface area contributed by atoms with Crippen LogP contribution in [0.25, 0.3) is 0 Å². The lowest BCUT2D eigenvalue weighted by atomic mass is 10.0. The number of benzene rings is 1. The predicted octanol–water partition coefficient (Wildman–Crippen LogP) is 0.855. The molecule has 0 atom stereocenters. The third kappa shape index (κ3) is 3.73. The van der Waals surface area contributed by atoms with Crippen molar-refractivity contribution in [2.75, 3.05) is 19.9 Å². The van der Waals surface area contributed by atoms with E-state index in [1.807, 2.05) is 29.7 Å². The SMILES string of the molecule is Cc1c([Si](O)(O)N2CCC(C)CC2)cc(C(=O)NCc2cccc3c2OCO3)n1C. The second-order valence-corrected chi connectivity index (χ2v) is 10.7. The van der Waals surface area contributed by atoms with Gasteiger partial charge in [0.1, 0.15) is 5.69 Å². The minimum atomic E-state index is -3.81. The molecule has 1 aromatic carbocycles. The van der Waals surface area contributed by atoms with Gasteiger partial charge in [0.15, 0.2) is 11.5 Å². The van der Waals surface area contributed by atoms with Gasteiger partial charge in [-0.3, -0.25) is 9.36 Å². The largest absolute Gasteiger partial charge is 0.459 e. The zero-order valence-corrected chi connectivity index (χ0v) is 18.6. The van der Waals surface area contributed by atoms with Gasteiger partial charge in [-0.05, 0) is 50.9 Å². The Morgan fingerprint density at radius 2 is 2.00 bits per heavy atom. The molecule has 0 saturated carbocycles. The number of ether oxygens (including phenoxy) is 2. The Labute approximate surface area is 177 Å². The first kappa shape index (κ1) is 20.9. The van der Waals surface area contributed by atoms with Crippen molar-refractivity contribution in [2.45, 2.75) is 33.2 Å². The maximum atomic E-state index is 12.9. The number of carbonyl (C=O) groups excluding carboxylic acids is 1. The normalized spacial score (nSPS) is 17.4. The summed E-state index contributed by atoms with van der Waals surface area (Å²) in [6.45, 7) is 5.80. The molecule has 3 N–H and O–H groups in total. The average molecular weight is 432 g/mol. The number of hydrogen-bond acceptors (Lipinski definition) is 6. The standard InChI is InChI=1S/C21H29N3O5Si/c1-14-7-9-24(10-8-14)30(26,27)19-11-17(23(3)15(19)2)21(25)22-12-16-5-4-6-18-20(16)29-13-28-18/h4-6,11,14,26-27H,7-10,12-13H2,1-3H3,(H,22,25). The van der Waals surface area contributed by atoms with Crippen LogP contribution in [0.2, 0.25) is 0 Å². The van der Waals surface area contributed by atoms with E-state index in [9.17, 15) is 14.4 Å². The zero-order chi connectivity index (χ0) is 21.5.